The third-order valence-corrected chi connectivity index (χ3v) is 4.46. The molecule has 1 aliphatic carbocycles. The first-order valence-corrected chi connectivity index (χ1v) is 7.20. The van der Waals surface area contributed by atoms with Gasteiger partial charge in [-0.2, -0.15) is 0 Å². The van der Waals surface area contributed by atoms with Gasteiger partial charge < -0.3 is 10.1 Å². The Hall–Kier alpha value is -0.120. The summed E-state index contributed by atoms with van der Waals surface area (Å²) in [6, 6.07) is 1.36. The average molecular weight is 240 g/mol. The highest BCUT2D eigenvalue weighted by atomic mass is 16.5. The van der Waals surface area contributed by atoms with Crippen LogP contribution in [0.1, 0.15) is 40.0 Å². The normalized spacial score (nSPS) is 34.8. The second-order valence-corrected chi connectivity index (χ2v) is 6.13. The molecule has 100 valence electrons. The Morgan fingerprint density at radius 1 is 1.29 bits per heavy atom. The zero-order chi connectivity index (χ0) is 12.3. The van der Waals surface area contributed by atoms with Crippen molar-refractivity contribution >= 4 is 0 Å². The lowest BCUT2D eigenvalue weighted by Crippen LogP contribution is -2.52. The van der Waals surface area contributed by atoms with Crippen molar-refractivity contribution in [3.8, 4) is 0 Å². The fourth-order valence-corrected chi connectivity index (χ4v) is 3.49. The maximum absolute atomic E-state index is 5.57. The summed E-state index contributed by atoms with van der Waals surface area (Å²) in [6.07, 6.45) is 3.87. The topological polar surface area (TPSA) is 24.5 Å². The Balaban J connectivity index is 2.02. The molecule has 0 bridgehead atoms. The van der Waals surface area contributed by atoms with Crippen molar-refractivity contribution in [2.75, 3.05) is 32.8 Å². The van der Waals surface area contributed by atoms with E-state index >= 15 is 0 Å². The minimum atomic E-state index is 0.438. The van der Waals surface area contributed by atoms with Crippen molar-refractivity contribution in [3.63, 3.8) is 0 Å². The van der Waals surface area contributed by atoms with Crippen LogP contribution in [-0.4, -0.2) is 49.8 Å². The summed E-state index contributed by atoms with van der Waals surface area (Å²) < 4.78 is 5.57. The Morgan fingerprint density at radius 3 is 2.88 bits per heavy atom. The first-order valence-electron chi connectivity index (χ1n) is 7.20. The Kier molecular flexibility index (Phi) is 4.45. The molecule has 0 amide bonds. The predicted molar refractivity (Wildman–Crippen MR) is 71.3 cm³/mol. The molecule has 3 nitrogen and oxygen atoms in total. The molecule has 2 rings (SSSR count). The standard InChI is InChI=1S/C14H28N2O/c1-4-15-13-12(6-7-14(13,2)3)16-8-5-10-17-11-9-16/h12-13,15H,4-11H2,1-3H3. The van der Waals surface area contributed by atoms with Crippen molar-refractivity contribution in [3.05, 3.63) is 0 Å². The van der Waals surface area contributed by atoms with Crippen molar-refractivity contribution < 1.29 is 4.74 Å². The molecule has 2 unspecified atom stereocenters. The van der Waals surface area contributed by atoms with Gasteiger partial charge in [-0.1, -0.05) is 20.8 Å². The maximum atomic E-state index is 5.57. The van der Waals surface area contributed by atoms with E-state index in [-0.39, 0.29) is 0 Å². The molecule has 1 heterocycles. The van der Waals surface area contributed by atoms with E-state index in [1.165, 1.54) is 25.8 Å². The highest BCUT2D eigenvalue weighted by Gasteiger charge is 2.43. The van der Waals surface area contributed by atoms with Crippen LogP contribution < -0.4 is 5.32 Å². The predicted octanol–water partition coefficient (Wildman–Crippen LogP) is 1.88. The molecule has 0 spiro atoms. The molecule has 0 aromatic carbocycles. The van der Waals surface area contributed by atoms with Crippen LogP contribution in [-0.2, 0) is 4.74 Å². The van der Waals surface area contributed by atoms with Crippen molar-refractivity contribution in [1.82, 2.24) is 10.2 Å². The molecule has 1 saturated carbocycles. The zero-order valence-corrected chi connectivity index (χ0v) is 11.7. The molecule has 17 heavy (non-hydrogen) atoms. The summed E-state index contributed by atoms with van der Waals surface area (Å²) in [4.78, 5) is 2.66. The summed E-state index contributed by atoms with van der Waals surface area (Å²) in [7, 11) is 0. The minimum Gasteiger partial charge on any atom is -0.380 e. The maximum Gasteiger partial charge on any atom is 0.0593 e. The average Bonchev–Trinajstić information content (AvgIpc) is 2.52. The van der Waals surface area contributed by atoms with Gasteiger partial charge in [-0.25, -0.2) is 0 Å². The molecule has 3 heteroatoms. The Labute approximate surface area is 106 Å². The van der Waals surface area contributed by atoms with Gasteiger partial charge in [-0.3, -0.25) is 4.90 Å². The van der Waals surface area contributed by atoms with Crippen LogP contribution >= 0.6 is 0 Å². The Morgan fingerprint density at radius 2 is 2.12 bits per heavy atom. The SMILES string of the molecule is CCNC1C(N2CCCOCC2)CCC1(C)C. The minimum absolute atomic E-state index is 0.438. The van der Waals surface area contributed by atoms with Crippen LogP contribution in [0.4, 0.5) is 0 Å². The van der Waals surface area contributed by atoms with Crippen LogP contribution in [0.5, 0.6) is 0 Å². The first-order chi connectivity index (χ1) is 8.15. The van der Waals surface area contributed by atoms with E-state index in [4.69, 9.17) is 4.74 Å². The smallest absolute Gasteiger partial charge is 0.0593 e. The molecule has 0 aromatic heterocycles. The molecular formula is C14H28N2O. The molecule has 0 radical (unpaired) electrons. The lowest BCUT2D eigenvalue weighted by molar-refractivity contribution is 0.117. The van der Waals surface area contributed by atoms with E-state index < -0.39 is 0 Å². The molecule has 2 aliphatic rings. The van der Waals surface area contributed by atoms with Gasteiger partial charge in [0.1, 0.15) is 0 Å². The second-order valence-electron chi connectivity index (χ2n) is 6.13. The summed E-state index contributed by atoms with van der Waals surface area (Å²) in [5.41, 5.74) is 0.438. The highest BCUT2D eigenvalue weighted by molar-refractivity contribution is 5.01. The summed E-state index contributed by atoms with van der Waals surface area (Å²) in [5, 5.41) is 3.72. The largest absolute Gasteiger partial charge is 0.380 e. The Bertz CT molecular complexity index is 234. The van der Waals surface area contributed by atoms with Crippen LogP contribution in [0, 0.1) is 5.41 Å². The van der Waals surface area contributed by atoms with Gasteiger partial charge in [-0.05, 0) is 31.2 Å². The number of hydrogen-bond donors (Lipinski definition) is 1. The van der Waals surface area contributed by atoms with Crippen molar-refractivity contribution in [2.24, 2.45) is 5.41 Å². The molecule has 2 fully saturated rings. The lowest BCUT2D eigenvalue weighted by Gasteiger charge is -2.37. The summed E-state index contributed by atoms with van der Waals surface area (Å²) in [6.45, 7) is 12.3. The third kappa shape index (κ3) is 3.01. The fraction of sp³-hybridized carbons (Fsp3) is 1.00. The number of ether oxygens (including phenoxy) is 1. The zero-order valence-electron chi connectivity index (χ0n) is 11.7. The highest BCUT2D eigenvalue weighted by Crippen LogP contribution is 2.40. The van der Waals surface area contributed by atoms with Crippen LogP contribution in [0.25, 0.3) is 0 Å². The molecule has 1 N–H and O–H groups in total. The van der Waals surface area contributed by atoms with Gasteiger partial charge in [0.25, 0.3) is 0 Å². The van der Waals surface area contributed by atoms with Gasteiger partial charge in [0.15, 0.2) is 0 Å². The van der Waals surface area contributed by atoms with E-state index in [0.717, 1.165) is 26.3 Å². The van der Waals surface area contributed by atoms with Gasteiger partial charge >= 0.3 is 0 Å². The van der Waals surface area contributed by atoms with Crippen LogP contribution in [0.15, 0.2) is 0 Å². The number of likely N-dealkylation sites (N-methyl/N-ethyl adjacent to an activating group) is 1. The van der Waals surface area contributed by atoms with Crippen molar-refractivity contribution in [1.29, 1.82) is 0 Å². The number of hydrogen-bond acceptors (Lipinski definition) is 3. The van der Waals surface area contributed by atoms with E-state index in [1.54, 1.807) is 0 Å². The van der Waals surface area contributed by atoms with Crippen LogP contribution in [0.3, 0.4) is 0 Å². The number of nitrogens with one attached hydrogen (secondary N) is 1. The third-order valence-electron chi connectivity index (χ3n) is 4.46. The van der Waals surface area contributed by atoms with E-state index in [9.17, 15) is 0 Å². The lowest BCUT2D eigenvalue weighted by atomic mass is 9.86. The van der Waals surface area contributed by atoms with E-state index in [1.807, 2.05) is 0 Å². The van der Waals surface area contributed by atoms with Crippen molar-refractivity contribution in [2.45, 2.75) is 52.1 Å². The van der Waals surface area contributed by atoms with Gasteiger partial charge in [0.2, 0.25) is 0 Å². The summed E-state index contributed by atoms with van der Waals surface area (Å²) >= 11 is 0. The van der Waals surface area contributed by atoms with Gasteiger partial charge in [-0.15, -0.1) is 0 Å². The summed E-state index contributed by atoms with van der Waals surface area (Å²) in [5.74, 6) is 0. The molecule has 2 atom stereocenters. The van der Waals surface area contributed by atoms with E-state index in [0.29, 0.717) is 17.5 Å². The monoisotopic (exact) mass is 240 g/mol. The van der Waals surface area contributed by atoms with E-state index in [2.05, 4.69) is 31.0 Å². The number of rotatable bonds is 3. The van der Waals surface area contributed by atoms with Crippen LogP contribution in [0.2, 0.25) is 0 Å². The van der Waals surface area contributed by atoms with Gasteiger partial charge in [0, 0.05) is 31.8 Å². The first kappa shape index (κ1) is 13.3. The molecular weight excluding hydrogens is 212 g/mol. The van der Waals surface area contributed by atoms with Gasteiger partial charge in [0.05, 0.1) is 6.61 Å². The molecule has 1 saturated heterocycles. The molecule has 1 aliphatic heterocycles. The second kappa shape index (κ2) is 5.68. The number of nitrogens with zero attached hydrogens (tertiary/aromatic N) is 1. The quantitative estimate of drug-likeness (QED) is 0.815. The molecule has 0 aromatic rings. The fourth-order valence-electron chi connectivity index (χ4n) is 3.49.